The molecule has 1 heterocycles. The molecule has 1 atom stereocenters. The van der Waals surface area contributed by atoms with E-state index in [1.807, 2.05) is 0 Å². The van der Waals surface area contributed by atoms with Gasteiger partial charge in [-0.25, -0.2) is 8.42 Å². The Bertz CT molecular complexity index is 268. The van der Waals surface area contributed by atoms with E-state index < -0.39 is 9.84 Å². The Kier molecular flexibility index (Phi) is 1.36. The van der Waals surface area contributed by atoms with Crippen LogP contribution in [0.2, 0.25) is 0 Å². The van der Waals surface area contributed by atoms with Gasteiger partial charge in [0.05, 0.1) is 11.5 Å². The zero-order valence-electron chi connectivity index (χ0n) is 6.41. The van der Waals surface area contributed by atoms with Crippen LogP contribution in [-0.4, -0.2) is 25.5 Å². The average molecular weight is 175 g/mol. The van der Waals surface area contributed by atoms with E-state index in [0.717, 1.165) is 12.8 Å². The Morgan fingerprint density at radius 2 is 2.00 bits per heavy atom. The molecule has 2 rings (SSSR count). The fraction of sp³-hybridized carbons (Fsp3) is 1.00. The number of nitrogens with two attached hydrogens (primary N) is 1. The second-order valence-electron chi connectivity index (χ2n) is 3.85. The summed E-state index contributed by atoms with van der Waals surface area (Å²) in [5.41, 5.74) is 5.61. The lowest BCUT2D eigenvalue weighted by molar-refractivity contribution is 0.419. The van der Waals surface area contributed by atoms with Crippen LogP contribution in [0.15, 0.2) is 0 Å². The topological polar surface area (TPSA) is 60.2 Å². The van der Waals surface area contributed by atoms with Gasteiger partial charge in [0.15, 0.2) is 9.84 Å². The third-order valence-electron chi connectivity index (χ3n) is 2.76. The zero-order chi connectivity index (χ0) is 8.11. The Hall–Kier alpha value is -0.0900. The van der Waals surface area contributed by atoms with E-state index >= 15 is 0 Å². The molecule has 0 aromatic heterocycles. The van der Waals surface area contributed by atoms with Crippen molar-refractivity contribution in [1.29, 1.82) is 0 Å². The van der Waals surface area contributed by atoms with Gasteiger partial charge in [0.25, 0.3) is 0 Å². The van der Waals surface area contributed by atoms with E-state index in [1.165, 1.54) is 0 Å². The van der Waals surface area contributed by atoms with Crippen molar-refractivity contribution in [2.75, 3.05) is 11.5 Å². The van der Waals surface area contributed by atoms with Crippen LogP contribution < -0.4 is 5.73 Å². The van der Waals surface area contributed by atoms with E-state index in [1.54, 1.807) is 0 Å². The molecule has 2 fully saturated rings. The van der Waals surface area contributed by atoms with Crippen molar-refractivity contribution in [3.8, 4) is 0 Å². The van der Waals surface area contributed by atoms with Gasteiger partial charge in [0.1, 0.15) is 0 Å². The minimum atomic E-state index is -2.78. The Labute approximate surface area is 66.9 Å². The maximum absolute atomic E-state index is 11.1. The van der Waals surface area contributed by atoms with Crippen LogP contribution in [0.1, 0.15) is 19.3 Å². The van der Waals surface area contributed by atoms with Crippen LogP contribution >= 0.6 is 0 Å². The largest absolute Gasteiger partial charge is 0.324 e. The van der Waals surface area contributed by atoms with Crippen LogP contribution in [0.25, 0.3) is 0 Å². The van der Waals surface area contributed by atoms with Gasteiger partial charge in [-0.2, -0.15) is 0 Å². The number of hydrogen-bond donors (Lipinski definition) is 1. The summed E-state index contributed by atoms with van der Waals surface area (Å²) in [6, 6.07) is 0. The zero-order valence-corrected chi connectivity index (χ0v) is 7.23. The Balaban J connectivity index is 2.19. The maximum atomic E-state index is 11.1. The van der Waals surface area contributed by atoms with Crippen LogP contribution in [0.4, 0.5) is 0 Å². The first-order valence-electron chi connectivity index (χ1n) is 4.01. The summed E-state index contributed by atoms with van der Waals surface area (Å²) in [5, 5.41) is 0. The summed E-state index contributed by atoms with van der Waals surface area (Å²) in [6.45, 7) is 0. The number of hydrogen-bond acceptors (Lipinski definition) is 3. The van der Waals surface area contributed by atoms with Crippen molar-refractivity contribution >= 4 is 9.84 Å². The first-order valence-corrected chi connectivity index (χ1v) is 5.83. The van der Waals surface area contributed by atoms with Crippen molar-refractivity contribution in [1.82, 2.24) is 0 Å². The van der Waals surface area contributed by atoms with E-state index in [2.05, 4.69) is 0 Å². The van der Waals surface area contributed by atoms with Gasteiger partial charge in [-0.3, -0.25) is 0 Å². The Morgan fingerprint density at radius 3 is 2.36 bits per heavy atom. The molecule has 1 aliphatic heterocycles. The lowest BCUT2D eigenvalue weighted by atomic mass is 9.94. The summed E-state index contributed by atoms with van der Waals surface area (Å²) in [4.78, 5) is 0. The molecule has 1 saturated carbocycles. The maximum Gasteiger partial charge on any atom is 0.152 e. The van der Waals surface area contributed by atoms with Crippen LogP contribution in [-0.2, 0) is 9.84 Å². The molecule has 1 unspecified atom stereocenters. The van der Waals surface area contributed by atoms with E-state index in [4.69, 9.17) is 5.73 Å². The van der Waals surface area contributed by atoms with Crippen LogP contribution in [0, 0.1) is 5.92 Å². The molecule has 0 bridgehead atoms. The summed E-state index contributed by atoms with van der Waals surface area (Å²) in [6.07, 6.45) is 2.94. The smallest absolute Gasteiger partial charge is 0.152 e. The molecular weight excluding hydrogens is 162 g/mol. The SMILES string of the molecule is NC1(C2CC2)CCS(=O)(=O)C1. The molecule has 0 amide bonds. The highest BCUT2D eigenvalue weighted by molar-refractivity contribution is 7.91. The summed E-state index contributed by atoms with van der Waals surface area (Å²) in [7, 11) is -2.78. The van der Waals surface area contributed by atoms with Gasteiger partial charge < -0.3 is 5.73 Å². The molecular formula is C7H13NO2S. The third-order valence-corrected chi connectivity index (χ3v) is 4.56. The highest BCUT2D eigenvalue weighted by atomic mass is 32.2. The quantitative estimate of drug-likeness (QED) is 0.606. The lowest BCUT2D eigenvalue weighted by Crippen LogP contribution is -2.43. The molecule has 2 aliphatic rings. The van der Waals surface area contributed by atoms with Gasteiger partial charge >= 0.3 is 0 Å². The lowest BCUT2D eigenvalue weighted by Gasteiger charge is -2.20. The minimum Gasteiger partial charge on any atom is -0.324 e. The molecule has 0 aromatic carbocycles. The molecule has 11 heavy (non-hydrogen) atoms. The van der Waals surface area contributed by atoms with Crippen LogP contribution in [0.5, 0.6) is 0 Å². The molecule has 2 N–H and O–H groups in total. The van der Waals surface area contributed by atoms with Crippen molar-refractivity contribution < 1.29 is 8.42 Å². The second kappa shape index (κ2) is 1.98. The average Bonchev–Trinajstić information content (AvgIpc) is 2.61. The van der Waals surface area contributed by atoms with Gasteiger partial charge in [0, 0.05) is 5.54 Å². The van der Waals surface area contributed by atoms with Crippen molar-refractivity contribution in [3.05, 3.63) is 0 Å². The summed E-state index contributed by atoms with van der Waals surface area (Å²) >= 11 is 0. The van der Waals surface area contributed by atoms with E-state index in [0.29, 0.717) is 18.1 Å². The molecule has 64 valence electrons. The summed E-state index contributed by atoms with van der Waals surface area (Å²) < 4.78 is 22.2. The van der Waals surface area contributed by atoms with E-state index in [-0.39, 0.29) is 11.3 Å². The number of sulfone groups is 1. The molecule has 3 nitrogen and oxygen atoms in total. The predicted molar refractivity (Wildman–Crippen MR) is 42.9 cm³/mol. The first-order chi connectivity index (χ1) is 5.02. The van der Waals surface area contributed by atoms with Crippen molar-refractivity contribution in [3.63, 3.8) is 0 Å². The second-order valence-corrected chi connectivity index (χ2v) is 6.03. The van der Waals surface area contributed by atoms with Gasteiger partial charge in [-0.1, -0.05) is 0 Å². The standard InChI is InChI=1S/C7H13NO2S/c8-7(6-1-2-6)3-4-11(9,10)5-7/h6H,1-5,8H2. The fourth-order valence-electron chi connectivity index (χ4n) is 1.88. The molecule has 1 aliphatic carbocycles. The monoisotopic (exact) mass is 175 g/mol. The van der Waals surface area contributed by atoms with Gasteiger partial charge in [0.2, 0.25) is 0 Å². The highest BCUT2D eigenvalue weighted by Crippen LogP contribution is 2.43. The van der Waals surface area contributed by atoms with Crippen molar-refractivity contribution in [2.24, 2.45) is 11.7 Å². The molecule has 0 spiro atoms. The molecule has 0 aromatic rings. The predicted octanol–water partition coefficient (Wildman–Crippen LogP) is -0.0876. The molecule has 4 heteroatoms. The van der Waals surface area contributed by atoms with E-state index in [9.17, 15) is 8.42 Å². The number of rotatable bonds is 1. The third kappa shape index (κ3) is 1.29. The molecule has 1 saturated heterocycles. The fourth-order valence-corrected chi connectivity index (χ4v) is 3.91. The normalized spacial score (nSPS) is 42.6. The first kappa shape index (κ1) is 7.55. The highest BCUT2D eigenvalue weighted by Gasteiger charge is 2.48. The van der Waals surface area contributed by atoms with Gasteiger partial charge in [-0.15, -0.1) is 0 Å². The van der Waals surface area contributed by atoms with Gasteiger partial charge in [-0.05, 0) is 25.2 Å². The minimum absolute atomic E-state index is 0.227. The molecule has 0 radical (unpaired) electrons. The van der Waals surface area contributed by atoms with Crippen molar-refractivity contribution in [2.45, 2.75) is 24.8 Å². The summed E-state index contributed by atoms with van der Waals surface area (Å²) in [5.74, 6) is 1.03. The van der Waals surface area contributed by atoms with Crippen LogP contribution in [0.3, 0.4) is 0 Å². The Morgan fingerprint density at radius 1 is 1.36 bits per heavy atom.